The molecule has 1 aliphatic heterocycles. The van der Waals surface area contributed by atoms with E-state index >= 15 is 0 Å². The fraction of sp³-hybridized carbons (Fsp3) is 0.440. The molecule has 0 aromatic heterocycles. The number of halogens is 8. The van der Waals surface area contributed by atoms with E-state index in [4.69, 9.17) is 0 Å². The predicted molar refractivity (Wildman–Crippen MR) is 128 cm³/mol. The highest BCUT2D eigenvalue weighted by Crippen LogP contribution is 2.44. The fourth-order valence-electron chi connectivity index (χ4n) is 4.77. The van der Waals surface area contributed by atoms with Crippen LogP contribution in [0, 0.1) is 11.7 Å². The number of carbonyl (C=O) groups is 2. The molecule has 0 fully saturated rings. The van der Waals surface area contributed by atoms with Crippen LogP contribution in [-0.2, 0) is 23.7 Å². The van der Waals surface area contributed by atoms with Gasteiger partial charge >= 0.3 is 18.4 Å². The Bertz CT molecular complexity index is 1200. The maximum absolute atomic E-state index is 14.6. The van der Waals surface area contributed by atoms with Crippen molar-refractivity contribution < 1.29 is 45.4 Å². The predicted octanol–water partition coefficient (Wildman–Crippen LogP) is 8.02. The minimum atomic E-state index is -5.07. The van der Waals surface area contributed by atoms with E-state index in [1.807, 2.05) is 0 Å². The lowest BCUT2D eigenvalue weighted by molar-refractivity contribution is -0.143. The number of rotatable bonds is 4. The molecule has 1 heterocycles. The van der Waals surface area contributed by atoms with Gasteiger partial charge in [-0.05, 0) is 76.1 Å². The third-order valence-corrected chi connectivity index (χ3v) is 7.12. The van der Waals surface area contributed by atoms with Gasteiger partial charge in [-0.15, -0.1) is 0 Å². The molecule has 2 unspecified atom stereocenters. The minimum Gasteiger partial charge on any atom is -0.465 e. The van der Waals surface area contributed by atoms with Crippen LogP contribution in [0.25, 0.3) is 0 Å². The van der Waals surface area contributed by atoms with Gasteiger partial charge < -0.3 is 10.0 Å². The van der Waals surface area contributed by atoms with Crippen molar-refractivity contribution in [1.82, 2.24) is 4.90 Å². The SMILES string of the molecule is CC(=O)N(Cc1cc(C(F)(F)F)cc(C(F)(F)F)c1)C1CCC(C(C)C)N(C(=O)O)c2cc(F)c(Br)cc21. The summed E-state index contributed by atoms with van der Waals surface area (Å²) in [7, 11) is 0. The van der Waals surface area contributed by atoms with Gasteiger partial charge in [0.25, 0.3) is 0 Å². The number of hydrogen-bond donors (Lipinski definition) is 1. The highest BCUT2D eigenvalue weighted by molar-refractivity contribution is 9.10. The summed E-state index contributed by atoms with van der Waals surface area (Å²) in [4.78, 5) is 27.1. The summed E-state index contributed by atoms with van der Waals surface area (Å²) in [6.07, 6.45) is -11.2. The normalized spacial score (nSPS) is 18.3. The maximum Gasteiger partial charge on any atom is 0.416 e. The van der Waals surface area contributed by atoms with E-state index in [1.54, 1.807) is 13.8 Å². The van der Waals surface area contributed by atoms with Crippen LogP contribution >= 0.6 is 15.9 Å². The van der Waals surface area contributed by atoms with Crippen molar-refractivity contribution in [3.63, 3.8) is 0 Å². The molecule has 1 N–H and O–H groups in total. The Hall–Kier alpha value is -2.83. The van der Waals surface area contributed by atoms with Gasteiger partial charge in [0.2, 0.25) is 5.91 Å². The van der Waals surface area contributed by atoms with Gasteiger partial charge in [0.05, 0.1) is 27.3 Å². The van der Waals surface area contributed by atoms with E-state index in [2.05, 4.69) is 15.9 Å². The molecule has 0 spiro atoms. The summed E-state index contributed by atoms with van der Waals surface area (Å²) >= 11 is 3.05. The van der Waals surface area contributed by atoms with Crippen LogP contribution in [0.4, 0.5) is 41.2 Å². The lowest BCUT2D eigenvalue weighted by Gasteiger charge is -2.33. The Morgan fingerprint density at radius 1 is 1.03 bits per heavy atom. The summed E-state index contributed by atoms with van der Waals surface area (Å²) in [5, 5.41) is 9.97. The zero-order chi connectivity index (χ0) is 28.7. The molecule has 3 rings (SSSR count). The van der Waals surface area contributed by atoms with E-state index in [-0.39, 0.29) is 40.5 Å². The first-order valence-corrected chi connectivity index (χ1v) is 12.3. The van der Waals surface area contributed by atoms with Crippen LogP contribution in [0.15, 0.2) is 34.8 Å². The van der Waals surface area contributed by atoms with Gasteiger partial charge in [-0.25, -0.2) is 9.18 Å². The van der Waals surface area contributed by atoms with Crippen molar-refractivity contribution in [1.29, 1.82) is 0 Å². The Morgan fingerprint density at radius 3 is 2.03 bits per heavy atom. The summed E-state index contributed by atoms with van der Waals surface area (Å²) < 4.78 is 95.0. The number of carboxylic acid groups (broad SMARTS) is 1. The molecule has 0 radical (unpaired) electrons. The molecule has 13 heteroatoms. The quantitative estimate of drug-likeness (QED) is 0.356. The first-order chi connectivity index (χ1) is 17.4. The molecule has 208 valence electrons. The van der Waals surface area contributed by atoms with Crippen LogP contribution in [0.2, 0.25) is 0 Å². The first-order valence-electron chi connectivity index (χ1n) is 11.5. The van der Waals surface area contributed by atoms with Crippen LogP contribution in [0.5, 0.6) is 0 Å². The number of benzene rings is 2. The highest BCUT2D eigenvalue weighted by atomic mass is 79.9. The number of fused-ring (bicyclic) bond motifs is 1. The van der Waals surface area contributed by atoms with Crippen LogP contribution in [-0.4, -0.2) is 28.0 Å². The fourth-order valence-corrected chi connectivity index (χ4v) is 5.13. The first kappa shape index (κ1) is 29.7. The number of amides is 2. The van der Waals surface area contributed by atoms with E-state index in [0.717, 1.165) is 22.8 Å². The Balaban J connectivity index is 2.19. The number of hydrogen-bond acceptors (Lipinski definition) is 2. The van der Waals surface area contributed by atoms with E-state index in [1.165, 1.54) is 6.07 Å². The lowest BCUT2D eigenvalue weighted by atomic mass is 9.95. The molecule has 5 nitrogen and oxygen atoms in total. The number of alkyl halides is 6. The average molecular weight is 613 g/mol. The third-order valence-electron chi connectivity index (χ3n) is 6.51. The maximum atomic E-state index is 14.6. The molecule has 1 aliphatic rings. The Labute approximate surface area is 222 Å². The van der Waals surface area contributed by atoms with Gasteiger partial charge in [-0.2, -0.15) is 26.3 Å². The average Bonchev–Trinajstić information content (AvgIpc) is 2.93. The van der Waals surface area contributed by atoms with Crippen molar-refractivity contribution in [3.05, 3.63) is 62.9 Å². The van der Waals surface area contributed by atoms with Crippen LogP contribution < -0.4 is 4.90 Å². The molecule has 0 saturated heterocycles. The Kier molecular flexibility index (Phi) is 8.40. The second-order valence-electron chi connectivity index (χ2n) is 9.44. The second kappa shape index (κ2) is 10.7. The lowest BCUT2D eigenvalue weighted by Crippen LogP contribution is -2.42. The molecule has 0 saturated carbocycles. The molecule has 2 atom stereocenters. The van der Waals surface area contributed by atoms with E-state index in [9.17, 15) is 45.4 Å². The molecular formula is C25H24BrF7N2O3. The van der Waals surface area contributed by atoms with Gasteiger partial charge in [0.1, 0.15) is 5.82 Å². The van der Waals surface area contributed by atoms with Crippen molar-refractivity contribution in [2.45, 2.75) is 64.6 Å². The molecule has 38 heavy (non-hydrogen) atoms. The van der Waals surface area contributed by atoms with Crippen molar-refractivity contribution in [3.8, 4) is 0 Å². The Morgan fingerprint density at radius 2 is 1.58 bits per heavy atom. The molecule has 2 amide bonds. The van der Waals surface area contributed by atoms with Gasteiger partial charge in [-0.3, -0.25) is 9.69 Å². The van der Waals surface area contributed by atoms with Gasteiger partial charge in [0.15, 0.2) is 0 Å². The number of anilines is 1. The highest BCUT2D eigenvalue weighted by Gasteiger charge is 2.40. The summed E-state index contributed by atoms with van der Waals surface area (Å²) in [6, 6.07) is 1.78. The zero-order valence-corrected chi connectivity index (χ0v) is 22.0. The summed E-state index contributed by atoms with van der Waals surface area (Å²) in [5.74, 6) is -1.68. The summed E-state index contributed by atoms with van der Waals surface area (Å²) in [6.45, 7) is 4.01. The molecule has 0 bridgehead atoms. The second-order valence-corrected chi connectivity index (χ2v) is 10.3. The monoisotopic (exact) mass is 612 g/mol. The van der Waals surface area contributed by atoms with Crippen LogP contribution in [0.3, 0.4) is 0 Å². The minimum absolute atomic E-state index is 0.000413. The zero-order valence-electron chi connectivity index (χ0n) is 20.4. The smallest absolute Gasteiger partial charge is 0.416 e. The van der Waals surface area contributed by atoms with E-state index in [0.29, 0.717) is 12.1 Å². The van der Waals surface area contributed by atoms with E-state index < -0.39 is 65.5 Å². The van der Waals surface area contributed by atoms with Gasteiger partial charge in [0, 0.05) is 19.5 Å². The molecule has 2 aromatic carbocycles. The van der Waals surface area contributed by atoms with Crippen molar-refractivity contribution in [2.75, 3.05) is 4.90 Å². The molecule has 2 aromatic rings. The third kappa shape index (κ3) is 6.24. The van der Waals surface area contributed by atoms with Crippen LogP contribution in [0.1, 0.15) is 61.9 Å². The number of carbonyl (C=O) groups excluding carboxylic acids is 1. The number of nitrogens with zero attached hydrogens (tertiary/aromatic N) is 2. The van der Waals surface area contributed by atoms with Crippen molar-refractivity contribution >= 4 is 33.6 Å². The standard InChI is InChI=1S/C25H24BrF7N2O3/c1-12(2)20-4-5-21(17-9-18(26)19(27)10-22(17)35(20)23(37)38)34(13(3)36)11-14-6-15(24(28,29)30)8-16(7-14)25(31,32)33/h6-10,12,20-21H,4-5,11H2,1-3H3,(H,37,38). The molecule has 0 aliphatic carbocycles. The summed E-state index contributed by atoms with van der Waals surface area (Å²) in [5.41, 5.74) is -3.31. The van der Waals surface area contributed by atoms with Crippen molar-refractivity contribution in [2.24, 2.45) is 5.92 Å². The molecular weight excluding hydrogens is 589 g/mol. The topological polar surface area (TPSA) is 60.9 Å². The van der Waals surface area contributed by atoms with Gasteiger partial charge in [-0.1, -0.05) is 13.8 Å². The largest absolute Gasteiger partial charge is 0.465 e.